The number of benzene rings is 1. The predicted molar refractivity (Wildman–Crippen MR) is 79.6 cm³/mol. The molecule has 0 aliphatic heterocycles. The molecule has 6 nitrogen and oxygen atoms in total. The molecule has 0 bridgehead atoms. The predicted octanol–water partition coefficient (Wildman–Crippen LogP) is 0.978. The number of rotatable bonds is 5. The van der Waals surface area contributed by atoms with Gasteiger partial charge in [-0.2, -0.15) is 5.10 Å². The SMILES string of the molecule is Cc1ccc(=O)n(CCNS(=O)(=O)c2ccc(F)c(C)c2)n1. The lowest BCUT2D eigenvalue weighted by Crippen LogP contribution is -2.32. The number of hydrogen-bond donors (Lipinski definition) is 1. The molecule has 0 aliphatic rings. The van der Waals surface area contributed by atoms with Crippen molar-refractivity contribution in [2.24, 2.45) is 0 Å². The Bertz CT molecular complexity index is 847. The van der Waals surface area contributed by atoms with Crippen LogP contribution in [0.2, 0.25) is 0 Å². The van der Waals surface area contributed by atoms with Crippen molar-refractivity contribution in [2.45, 2.75) is 25.3 Å². The highest BCUT2D eigenvalue weighted by molar-refractivity contribution is 7.89. The molecule has 0 aliphatic carbocycles. The molecule has 2 rings (SSSR count). The molecule has 0 saturated heterocycles. The fourth-order valence-electron chi connectivity index (χ4n) is 1.86. The summed E-state index contributed by atoms with van der Waals surface area (Å²) in [5.74, 6) is -0.463. The van der Waals surface area contributed by atoms with Gasteiger partial charge in [0, 0.05) is 12.6 Å². The molecule has 1 aromatic carbocycles. The largest absolute Gasteiger partial charge is 0.268 e. The smallest absolute Gasteiger partial charge is 0.266 e. The van der Waals surface area contributed by atoms with E-state index in [2.05, 4.69) is 9.82 Å². The molecule has 0 saturated carbocycles. The van der Waals surface area contributed by atoms with Crippen LogP contribution in [0.25, 0.3) is 0 Å². The van der Waals surface area contributed by atoms with Crippen molar-refractivity contribution in [3.8, 4) is 0 Å². The fourth-order valence-corrected chi connectivity index (χ4v) is 2.97. The minimum atomic E-state index is -3.75. The molecule has 2 aromatic rings. The summed E-state index contributed by atoms with van der Waals surface area (Å²) < 4.78 is 40.9. The Morgan fingerprint density at radius 3 is 2.64 bits per heavy atom. The Labute approximate surface area is 127 Å². The molecule has 8 heteroatoms. The molecule has 1 aromatic heterocycles. The number of aryl methyl sites for hydroxylation is 2. The van der Waals surface area contributed by atoms with Crippen molar-refractivity contribution in [1.82, 2.24) is 14.5 Å². The van der Waals surface area contributed by atoms with E-state index in [0.29, 0.717) is 5.69 Å². The second-order valence-electron chi connectivity index (χ2n) is 4.84. The van der Waals surface area contributed by atoms with Crippen LogP contribution < -0.4 is 10.3 Å². The van der Waals surface area contributed by atoms with E-state index in [4.69, 9.17) is 0 Å². The number of sulfonamides is 1. The third-order valence-electron chi connectivity index (χ3n) is 3.06. The van der Waals surface area contributed by atoms with E-state index in [-0.39, 0.29) is 29.1 Å². The topological polar surface area (TPSA) is 81.1 Å². The number of hydrogen-bond acceptors (Lipinski definition) is 4. The molecule has 0 amide bonds. The molecular formula is C14H16FN3O3S. The van der Waals surface area contributed by atoms with E-state index in [0.717, 1.165) is 6.07 Å². The Kier molecular flexibility index (Phi) is 4.72. The van der Waals surface area contributed by atoms with E-state index in [1.54, 1.807) is 13.0 Å². The van der Waals surface area contributed by atoms with Crippen molar-refractivity contribution in [2.75, 3.05) is 6.54 Å². The summed E-state index contributed by atoms with van der Waals surface area (Å²) in [5, 5.41) is 4.01. The summed E-state index contributed by atoms with van der Waals surface area (Å²) in [4.78, 5) is 11.5. The minimum absolute atomic E-state index is 0.00905. The van der Waals surface area contributed by atoms with Crippen LogP contribution in [0.3, 0.4) is 0 Å². The fraction of sp³-hybridized carbons (Fsp3) is 0.286. The summed E-state index contributed by atoms with van der Waals surface area (Å²) in [6.07, 6.45) is 0. The van der Waals surface area contributed by atoms with Gasteiger partial charge in [-0.25, -0.2) is 22.2 Å². The van der Waals surface area contributed by atoms with Crippen molar-refractivity contribution in [3.05, 3.63) is 57.8 Å². The van der Waals surface area contributed by atoms with E-state index >= 15 is 0 Å². The number of nitrogens with one attached hydrogen (secondary N) is 1. The highest BCUT2D eigenvalue weighted by Crippen LogP contribution is 2.13. The van der Waals surface area contributed by atoms with Gasteiger partial charge in [0.15, 0.2) is 0 Å². The normalized spacial score (nSPS) is 11.6. The van der Waals surface area contributed by atoms with Crippen LogP contribution in [0, 0.1) is 19.7 Å². The Morgan fingerprint density at radius 2 is 1.95 bits per heavy atom. The molecule has 118 valence electrons. The first-order chi connectivity index (χ1) is 10.3. The second kappa shape index (κ2) is 6.37. The van der Waals surface area contributed by atoms with Gasteiger partial charge in [-0.3, -0.25) is 4.79 Å². The first kappa shape index (κ1) is 16.3. The zero-order valence-corrected chi connectivity index (χ0v) is 13.0. The third kappa shape index (κ3) is 3.77. The summed E-state index contributed by atoms with van der Waals surface area (Å²) in [5.41, 5.74) is 0.610. The van der Waals surface area contributed by atoms with Crippen molar-refractivity contribution in [1.29, 1.82) is 0 Å². The van der Waals surface area contributed by atoms with Crippen LogP contribution in [0.15, 0.2) is 40.0 Å². The van der Waals surface area contributed by atoms with Crippen molar-refractivity contribution >= 4 is 10.0 Å². The van der Waals surface area contributed by atoms with Gasteiger partial charge in [0.1, 0.15) is 5.82 Å². The van der Waals surface area contributed by atoms with E-state index in [9.17, 15) is 17.6 Å². The highest BCUT2D eigenvalue weighted by atomic mass is 32.2. The average molecular weight is 325 g/mol. The molecule has 0 spiro atoms. The van der Waals surface area contributed by atoms with Gasteiger partial charge in [0.05, 0.1) is 17.1 Å². The Balaban J connectivity index is 2.08. The average Bonchev–Trinajstić information content (AvgIpc) is 2.45. The van der Waals surface area contributed by atoms with Gasteiger partial charge >= 0.3 is 0 Å². The number of aromatic nitrogens is 2. The summed E-state index contributed by atoms with van der Waals surface area (Å²) in [6, 6.07) is 6.53. The lowest BCUT2D eigenvalue weighted by Gasteiger charge is -2.09. The molecule has 0 unspecified atom stereocenters. The standard InChI is InChI=1S/C14H16FN3O3S/c1-10-9-12(4-5-13(10)15)22(20,21)16-7-8-18-14(19)6-3-11(2)17-18/h3-6,9,16H,7-8H2,1-2H3. The van der Waals surface area contributed by atoms with Crippen LogP contribution in [-0.4, -0.2) is 24.7 Å². The Hall–Kier alpha value is -2.06. The first-order valence-electron chi connectivity index (χ1n) is 6.60. The molecule has 1 heterocycles. The maximum Gasteiger partial charge on any atom is 0.266 e. The highest BCUT2D eigenvalue weighted by Gasteiger charge is 2.14. The Morgan fingerprint density at radius 1 is 1.23 bits per heavy atom. The van der Waals surface area contributed by atoms with Crippen molar-refractivity contribution in [3.63, 3.8) is 0 Å². The minimum Gasteiger partial charge on any atom is -0.268 e. The summed E-state index contributed by atoms with van der Waals surface area (Å²) in [7, 11) is -3.75. The second-order valence-corrected chi connectivity index (χ2v) is 6.61. The summed E-state index contributed by atoms with van der Waals surface area (Å²) in [6.45, 7) is 3.35. The molecule has 0 atom stereocenters. The van der Waals surface area contributed by atoms with E-state index in [1.165, 1.54) is 29.8 Å². The summed E-state index contributed by atoms with van der Waals surface area (Å²) >= 11 is 0. The van der Waals surface area contributed by atoms with Crippen LogP contribution >= 0.6 is 0 Å². The van der Waals surface area contributed by atoms with Gasteiger partial charge in [-0.1, -0.05) is 0 Å². The monoisotopic (exact) mass is 325 g/mol. The van der Waals surface area contributed by atoms with Crippen molar-refractivity contribution < 1.29 is 12.8 Å². The van der Waals surface area contributed by atoms with Gasteiger partial charge in [0.2, 0.25) is 10.0 Å². The number of nitrogens with zero attached hydrogens (tertiary/aromatic N) is 2. The quantitative estimate of drug-likeness (QED) is 0.888. The molecule has 22 heavy (non-hydrogen) atoms. The lowest BCUT2D eigenvalue weighted by atomic mass is 10.2. The van der Waals surface area contributed by atoms with Gasteiger partial charge in [0.25, 0.3) is 5.56 Å². The maximum atomic E-state index is 13.2. The third-order valence-corrected chi connectivity index (χ3v) is 4.51. The van der Waals surface area contributed by atoms with Crippen LogP contribution in [0.5, 0.6) is 0 Å². The molecule has 0 radical (unpaired) electrons. The van der Waals surface area contributed by atoms with Crippen LogP contribution in [0.1, 0.15) is 11.3 Å². The van der Waals surface area contributed by atoms with E-state index in [1.807, 2.05) is 0 Å². The number of halogens is 1. The van der Waals surface area contributed by atoms with Crippen LogP contribution in [0.4, 0.5) is 4.39 Å². The zero-order valence-electron chi connectivity index (χ0n) is 12.2. The van der Waals surface area contributed by atoms with Gasteiger partial charge in [-0.15, -0.1) is 0 Å². The molecule has 0 fully saturated rings. The lowest BCUT2D eigenvalue weighted by molar-refractivity contribution is 0.543. The van der Waals surface area contributed by atoms with Gasteiger partial charge in [-0.05, 0) is 43.7 Å². The zero-order chi connectivity index (χ0) is 16.3. The maximum absolute atomic E-state index is 13.2. The van der Waals surface area contributed by atoms with E-state index < -0.39 is 15.8 Å². The van der Waals surface area contributed by atoms with Gasteiger partial charge < -0.3 is 0 Å². The molecule has 1 N–H and O–H groups in total. The molecular weight excluding hydrogens is 309 g/mol. The first-order valence-corrected chi connectivity index (χ1v) is 8.08. The van der Waals surface area contributed by atoms with Crippen LogP contribution in [-0.2, 0) is 16.6 Å².